The molecule has 1 amide bonds. The lowest BCUT2D eigenvalue weighted by atomic mass is 9.97. The molecule has 0 radical (unpaired) electrons. The van der Waals surface area contributed by atoms with E-state index >= 15 is 0 Å². The topological polar surface area (TPSA) is 119 Å². The minimum absolute atomic E-state index is 0.0751. The number of aryl methyl sites for hydroxylation is 2. The number of nitro benzene ring substituents is 1. The van der Waals surface area contributed by atoms with Gasteiger partial charge in [0.25, 0.3) is 5.69 Å². The number of ether oxygens (including phenoxy) is 1. The predicted molar refractivity (Wildman–Crippen MR) is 119 cm³/mol. The molecular weight excluding hydrogens is 422 g/mol. The van der Waals surface area contributed by atoms with E-state index in [4.69, 9.17) is 4.74 Å². The average Bonchev–Trinajstić information content (AvgIpc) is 2.69. The maximum Gasteiger partial charge on any atom is 0.271 e. The molecule has 168 valence electrons. The van der Waals surface area contributed by atoms with Crippen molar-refractivity contribution in [3.8, 4) is 5.75 Å². The average molecular weight is 450 g/mol. The minimum atomic E-state index is -3.94. The number of hydrogen-bond donors (Lipinski definition) is 1. The summed E-state index contributed by atoms with van der Waals surface area (Å²) >= 11 is 0. The van der Waals surface area contributed by atoms with Gasteiger partial charge in [0.2, 0.25) is 15.9 Å². The van der Waals surface area contributed by atoms with Crippen molar-refractivity contribution in [1.29, 1.82) is 0 Å². The van der Waals surface area contributed by atoms with Gasteiger partial charge in [-0.15, -0.1) is 0 Å². The largest absolute Gasteiger partial charge is 0.495 e. The Bertz CT molecular complexity index is 1080. The molecule has 1 unspecified atom stereocenters. The Morgan fingerprint density at radius 1 is 1.23 bits per heavy atom. The molecule has 9 nitrogen and oxygen atoms in total. The molecule has 0 aromatic heterocycles. The Balaban J connectivity index is 2.36. The van der Waals surface area contributed by atoms with E-state index in [1.807, 2.05) is 39.0 Å². The van der Waals surface area contributed by atoms with E-state index in [9.17, 15) is 23.3 Å². The van der Waals surface area contributed by atoms with E-state index in [1.54, 1.807) is 0 Å². The summed E-state index contributed by atoms with van der Waals surface area (Å²) < 4.78 is 30.9. The van der Waals surface area contributed by atoms with Crippen LogP contribution in [0.25, 0.3) is 0 Å². The molecule has 0 heterocycles. The Labute approximate surface area is 182 Å². The van der Waals surface area contributed by atoms with Crippen molar-refractivity contribution >= 4 is 27.3 Å². The standard InChI is InChI=1S/C21H27N3O6S/c1-6-18(17-9-7-14(2)11-15(17)3)22-21(25)13-23(31(5,28)29)19-12-16(24(26)27)8-10-20(19)30-4/h7-12,18H,6,13H2,1-5H3,(H,22,25). The highest BCUT2D eigenvalue weighted by Gasteiger charge is 2.27. The summed E-state index contributed by atoms with van der Waals surface area (Å²) in [4.78, 5) is 23.3. The number of carbonyl (C=O) groups is 1. The SMILES string of the molecule is CCC(NC(=O)CN(c1cc([N+](=O)[O-])ccc1OC)S(C)(=O)=O)c1ccc(C)cc1C. The van der Waals surface area contributed by atoms with Crippen LogP contribution in [0, 0.1) is 24.0 Å². The van der Waals surface area contributed by atoms with E-state index in [0.717, 1.165) is 33.3 Å². The number of nitrogens with one attached hydrogen (secondary N) is 1. The van der Waals surface area contributed by atoms with Crippen LogP contribution in [0.3, 0.4) is 0 Å². The summed E-state index contributed by atoms with van der Waals surface area (Å²) in [5, 5.41) is 14.0. The number of methoxy groups -OCH3 is 1. The Hall–Kier alpha value is -3.14. The van der Waals surface area contributed by atoms with Crippen LogP contribution in [0.4, 0.5) is 11.4 Å². The highest BCUT2D eigenvalue weighted by atomic mass is 32.2. The number of non-ortho nitro benzene ring substituents is 1. The summed E-state index contributed by atoms with van der Waals surface area (Å²) in [6.07, 6.45) is 1.54. The number of anilines is 1. The number of nitro groups is 1. The van der Waals surface area contributed by atoms with Crippen LogP contribution in [-0.2, 0) is 14.8 Å². The Morgan fingerprint density at radius 3 is 2.42 bits per heavy atom. The van der Waals surface area contributed by atoms with Gasteiger partial charge in [0.15, 0.2) is 0 Å². The first kappa shape index (κ1) is 24.1. The van der Waals surface area contributed by atoms with Gasteiger partial charge in [0.05, 0.1) is 24.3 Å². The molecule has 2 aromatic rings. The van der Waals surface area contributed by atoms with E-state index < -0.39 is 27.4 Å². The molecule has 0 saturated heterocycles. The third kappa shape index (κ3) is 5.94. The number of nitrogens with zero attached hydrogens (tertiary/aromatic N) is 2. The second-order valence-electron chi connectivity index (χ2n) is 7.27. The van der Waals surface area contributed by atoms with Gasteiger partial charge in [-0.2, -0.15) is 0 Å². The minimum Gasteiger partial charge on any atom is -0.495 e. The van der Waals surface area contributed by atoms with Crippen molar-refractivity contribution in [2.45, 2.75) is 33.2 Å². The second kappa shape index (κ2) is 9.78. The van der Waals surface area contributed by atoms with Crippen LogP contribution in [-0.4, -0.2) is 39.2 Å². The highest BCUT2D eigenvalue weighted by Crippen LogP contribution is 2.33. The fourth-order valence-corrected chi connectivity index (χ4v) is 4.21. The molecule has 10 heteroatoms. The molecule has 0 aliphatic heterocycles. The summed E-state index contributed by atoms with van der Waals surface area (Å²) in [6, 6.07) is 9.19. The molecule has 2 aromatic carbocycles. The van der Waals surface area contributed by atoms with Crippen molar-refractivity contribution < 1.29 is 22.9 Å². The number of sulfonamides is 1. The molecule has 0 aliphatic carbocycles. The molecule has 31 heavy (non-hydrogen) atoms. The van der Waals surface area contributed by atoms with Crippen molar-refractivity contribution in [3.05, 3.63) is 63.2 Å². The molecule has 2 rings (SSSR count). The first-order chi connectivity index (χ1) is 14.5. The number of rotatable bonds is 9. The van der Waals surface area contributed by atoms with E-state index in [1.165, 1.54) is 19.2 Å². The van der Waals surface area contributed by atoms with Gasteiger partial charge >= 0.3 is 0 Å². The highest BCUT2D eigenvalue weighted by molar-refractivity contribution is 7.92. The number of benzene rings is 2. The number of amides is 1. The molecule has 0 fully saturated rings. The van der Waals surface area contributed by atoms with Crippen molar-refractivity contribution in [1.82, 2.24) is 5.32 Å². The Kier molecular flexibility index (Phi) is 7.61. The van der Waals surface area contributed by atoms with E-state index in [0.29, 0.717) is 6.42 Å². The van der Waals surface area contributed by atoms with Crippen LogP contribution in [0.5, 0.6) is 5.75 Å². The summed E-state index contributed by atoms with van der Waals surface area (Å²) in [6.45, 7) is 5.31. The lowest BCUT2D eigenvalue weighted by molar-refractivity contribution is -0.384. The van der Waals surface area contributed by atoms with Crippen LogP contribution in [0.1, 0.15) is 36.1 Å². The molecule has 0 bridgehead atoms. The van der Waals surface area contributed by atoms with Crippen LogP contribution in [0.2, 0.25) is 0 Å². The van der Waals surface area contributed by atoms with Gasteiger partial charge in [-0.1, -0.05) is 30.7 Å². The zero-order valence-corrected chi connectivity index (χ0v) is 19.0. The van der Waals surface area contributed by atoms with Gasteiger partial charge in [-0.3, -0.25) is 19.2 Å². The maximum atomic E-state index is 12.8. The maximum absolute atomic E-state index is 12.8. The third-order valence-electron chi connectivity index (χ3n) is 4.87. The van der Waals surface area contributed by atoms with Gasteiger partial charge in [0.1, 0.15) is 18.0 Å². The first-order valence-corrected chi connectivity index (χ1v) is 11.5. The summed E-state index contributed by atoms with van der Waals surface area (Å²) in [5.74, 6) is -0.434. The number of carbonyl (C=O) groups excluding carboxylic acids is 1. The van der Waals surface area contributed by atoms with Crippen LogP contribution >= 0.6 is 0 Å². The van der Waals surface area contributed by atoms with Crippen LogP contribution in [0.15, 0.2) is 36.4 Å². The normalized spacial score (nSPS) is 12.2. The predicted octanol–water partition coefficient (Wildman–Crippen LogP) is 3.25. The van der Waals surface area contributed by atoms with Crippen LogP contribution < -0.4 is 14.4 Å². The number of hydrogen-bond acceptors (Lipinski definition) is 6. The molecule has 0 saturated carbocycles. The third-order valence-corrected chi connectivity index (χ3v) is 6.00. The zero-order valence-electron chi connectivity index (χ0n) is 18.2. The lowest BCUT2D eigenvalue weighted by Gasteiger charge is -2.25. The lowest BCUT2D eigenvalue weighted by Crippen LogP contribution is -2.41. The summed E-state index contributed by atoms with van der Waals surface area (Å²) in [7, 11) is -2.62. The van der Waals surface area contributed by atoms with Gasteiger partial charge in [-0.25, -0.2) is 8.42 Å². The molecule has 0 spiro atoms. The van der Waals surface area contributed by atoms with E-state index in [2.05, 4.69) is 5.32 Å². The van der Waals surface area contributed by atoms with Gasteiger partial charge in [0, 0.05) is 12.1 Å². The Morgan fingerprint density at radius 2 is 1.90 bits per heavy atom. The monoisotopic (exact) mass is 449 g/mol. The fraction of sp³-hybridized carbons (Fsp3) is 0.381. The molecule has 0 aliphatic rings. The molecular formula is C21H27N3O6S. The van der Waals surface area contributed by atoms with Gasteiger partial charge < -0.3 is 10.1 Å². The quantitative estimate of drug-likeness (QED) is 0.464. The van der Waals surface area contributed by atoms with E-state index in [-0.39, 0.29) is 23.2 Å². The second-order valence-corrected chi connectivity index (χ2v) is 9.18. The molecule has 1 atom stereocenters. The van der Waals surface area contributed by atoms with Crippen molar-refractivity contribution in [3.63, 3.8) is 0 Å². The fourth-order valence-electron chi connectivity index (χ4n) is 3.35. The van der Waals surface area contributed by atoms with Crippen molar-refractivity contribution in [2.75, 3.05) is 24.2 Å². The first-order valence-electron chi connectivity index (χ1n) is 9.64. The zero-order chi connectivity index (χ0) is 23.3. The van der Waals surface area contributed by atoms with Gasteiger partial charge in [-0.05, 0) is 37.5 Å². The smallest absolute Gasteiger partial charge is 0.271 e. The van der Waals surface area contributed by atoms with Crippen molar-refractivity contribution in [2.24, 2.45) is 0 Å². The summed E-state index contributed by atoms with van der Waals surface area (Å²) in [5.41, 5.74) is 2.68. The molecule has 1 N–H and O–H groups in total.